The summed E-state index contributed by atoms with van der Waals surface area (Å²) in [6, 6.07) is 29.6. The van der Waals surface area contributed by atoms with Gasteiger partial charge in [-0.25, -0.2) is 9.59 Å². The third-order valence-electron chi connectivity index (χ3n) is 5.02. The summed E-state index contributed by atoms with van der Waals surface area (Å²) in [6.45, 7) is 0. The minimum atomic E-state index is -1.27. The Hall–Kier alpha value is -4.18. The van der Waals surface area contributed by atoms with Crippen LogP contribution in [0.3, 0.4) is 0 Å². The summed E-state index contributed by atoms with van der Waals surface area (Å²) in [5, 5.41) is 19.8. The van der Waals surface area contributed by atoms with Crippen molar-refractivity contribution in [2.24, 2.45) is 0 Å². The number of benzene rings is 4. The van der Waals surface area contributed by atoms with Crippen LogP contribution in [0.1, 0.15) is 20.7 Å². The second-order valence-electron chi connectivity index (χ2n) is 6.83. The molecule has 0 radical (unpaired) electrons. The second kappa shape index (κ2) is 8.05. The quantitative estimate of drug-likeness (QED) is 0.430. The van der Waals surface area contributed by atoms with Crippen LogP contribution in [0.4, 0.5) is 0 Å². The standard InChI is InChI=1S/C26H18O4/c27-25(28)23-21(19-9-5-2-6-10-19)15-16-22(24(23)26(29)30)20-13-11-18(12-14-20)17-7-3-1-4-8-17/h1-16H,(H,27,28)(H,29,30). The van der Waals surface area contributed by atoms with Gasteiger partial charge in [-0.15, -0.1) is 0 Å². The Morgan fingerprint density at radius 2 is 0.767 bits per heavy atom. The molecule has 4 aromatic carbocycles. The molecule has 0 saturated carbocycles. The molecule has 0 heterocycles. The van der Waals surface area contributed by atoms with E-state index in [9.17, 15) is 19.8 Å². The number of carbonyl (C=O) groups is 2. The van der Waals surface area contributed by atoms with Crippen molar-refractivity contribution in [3.8, 4) is 33.4 Å². The van der Waals surface area contributed by atoms with Crippen LogP contribution in [0.5, 0.6) is 0 Å². The molecule has 0 spiro atoms. The number of aromatic carboxylic acids is 2. The van der Waals surface area contributed by atoms with Gasteiger partial charge in [0.1, 0.15) is 0 Å². The molecule has 4 aromatic rings. The van der Waals surface area contributed by atoms with Crippen molar-refractivity contribution in [2.75, 3.05) is 0 Å². The van der Waals surface area contributed by atoms with Crippen LogP contribution in [-0.2, 0) is 0 Å². The Morgan fingerprint density at radius 3 is 1.20 bits per heavy atom. The maximum atomic E-state index is 12.1. The molecule has 0 amide bonds. The first-order chi connectivity index (χ1) is 14.6. The van der Waals surface area contributed by atoms with Crippen molar-refractivity contribution in [1.82, 2.24) is 0 Å². The van der Waals surface area contributed by atoms with Gasteiger partial charge in [0.15, 0.2) is 0 Å². The lowest BCUT2D eigenvalue weighted by atomic mass is 9.88. The summed E-state index contributed by atoms with van der Waals surface area (Å²) in [7, 11) is 0. The van der Waals surface area contributed by atoms with Crippen LogP contribution in [0.2, 0.25) is 0 Å². The lowest BCUT2D eigenvalue weighted by Gasteiger charge is -2.15. The van der Waals surface area contributed by atoms with Crippen LogP contribution < -0.4 is 0 Å². The monoisotopic (exact) mass is 394 g/mol. The zero-order valence-corrected chi connectivity index (χ0v) is 15.9. The van der Waals surface area contributed by atoms with Gasteiger partial charge in [-0.1, -0.05) is 97.1 Å². The van der Waals surface area contributed by atoms with Crippen molar-refractivity contribution in [1.29, 1.82) is 0 Å². The fourth-order valence-corrected chi connectivity index (χ4v) is 3.62. The zero-order chi connectivity index (χ0) is 21.1. The molecule has 0 aliphatic rings. The lowest BCUT2D eigenvalue weighted by Crippen LogP contribution is -2.12. The first kappa shape index (κ1) is 19.2. The van der Waals surface area contributed by atoms with E-state index in [0.29, 0.717) is 22.3 Å². The summed E-state index contributed by atoms with van der Waals surface area (Å²) in [5.41, 5.74) is 3.68. The summed E-state index contributed by atoms with van der Waals surface area (Å²) < 4.78 is 0. The van der Waals surface area contributed by atoms with Crippen molar-refractivity contribution in [3.63, 3.8) is 0 Å². The van der Waals surface area contributed by atoms with Gasteiger partial charge in [-0.3, -0.25) is 0 Å². The highest BCUT2D eigenvalue weighted by Crippen LogP contribution is 2.34. The second-order valence-corrected chi connectivity index (χ2v) is 6.83. The normalized spacial score (nSPS) is 10.5. The summed E-state index contributed by atoms with van der Waals surface area (Å²) >= 11 is 0. The summed E-state index contributed by atoms with van der Waals surface area (Å²) in [4.78, 5) is 24.2. The van der Waals surface area contributed by atoms with Gasteiger partial charge in [0.2, 0.25) is 0 Å². The largest absolute Gasteiger partial charge is 0.478 e. The highest BCUT2D eigenvalue weighted by Gasteiger charge is 2.25. The molecule has 4 heteroatoms. The SMILES string of the molecule is O=C(O)c1c(-c2ccccc2)ccc(-c2ccc(-c3ccccc3)cc2)c1C(=O)O. The van der Waals surface area contributed by atoms with Crippen LogP contribution in [0.15, 0.2) is 97.1 Å². The Balaban J connectivity index is 1.87. The molecule has 0 aromatic heterocycles. The average Bonchev–Trinajstić information content (AvgIpc) is 2.79. The van der Waals surface area contributed by atoms with Crippen molar-refractivity contribution < 1.29 is 19.8 Å². The molecule has 146 valence electrons. The predicted molar refractivity (Wildman–Crippen MR) is 117 cm³/mol. The Morgan fingerprint density at radius 1 is 0.433 bits per heavy atom. The predicted octanol–water partition coefficient (Wildman–Crippen LogP) is 6.08. The van der Waals surface area contributed by atoms with E-state index < -0.39 is 11.9 Å². The van der Waals surface area contributed by atoms with Crippen molar-refractivity contribution in [3.05, 3.63) is 108 Å². The Bertz CT molecular complexity index is 1210. The molecule has 0 aliphatic carbocycles. The van der Waals surface area contributed by atoms with Gasteiger partial charge in [0, 0.05) is 0 Å². The zero-order valence-electron chi connectivity index (χ0n) is 15.9. The first-order valence-corrected chi connectivity index (χ1v) is 9.41. The van der Waals surface area contributed by atoms with Gasteiger partial charge in [0.05, 0.1) is 11.1 Å². The number of carboxylic acid groups (broad SMARTS) is 2. The third-order valence-corrected chi connectivity index (χ3v) is 5.02. The number of carboxylic acids is 2. The number of rotatable bonds is 5. The molecule has 30 heavy (non-hydrogen) atoms. The van der Waals surface area contributed by atoms with Crippen LogP contribution in [0, 0.1) is 0 Å². The van der Waals surface area contributed by atoms with Gasteiger partial charge >= 0.3 is 11.9 Å². The van der Waals surface area contributed by atoms with E-state index in [1.165, 1.54) is 0 Å². The van der Waals surface area contributed by atoms with Gasteiger partial charge in [0.25, 0.3) is 0 Å². The number of hydrogen-bond donors (Lipinski definition) is 2. The van der Waals surface area contributed by atoms with E-state index in [-0.39, 0.29) is 11.1 Å². The molecule has 0 bridgehead atoms. The molecular weight excluding hydrogens is 376 g/mol. The van der Waals surface area contributed by atoms with Crippen molar-refractivity contribution in [2.45, 2.75) is 0 Å². The summed E-state index contributed by atoms with van der Waals surface area (Å²) in [5.74, 6) is -2.54. The van der Waals surface area contributed by atoms with Crippen LogP contribution in [-0.4, -0.2) is 22.2 Å². The van der Waals surface area contributed by atoms with E-state index in [2.05, 4.69) is 0 Å². The van der Waals surface area contributed by atoms with E-state index in [1.807, 2.05) is 60.7 Å². The average molecular weight is 394 g/mol. The maximum Gasteiger partial charge on any atom is 0.337 e. The minimum absolute atomic E-state index is 0.210. The maximum absolute atomic E-state index is 12.1. The molecular formula is C26H18O4. The molecule has 4 rings (SSSR count). The first-order valence-electron chi connectivity index (χ1n) is 9.41. The van der Waals surface area contributed by atoms with Crippen molar-refractivity contribution >= 4 is 11.9 Å². The van der Waals surface area contributed by atoms with Gasteiger partial charge in [-0.2, -0.15) is 0 Å². The van der Waals surface area contributed by atoms with E-state index in [0.717, 1.165) is 11.1 Å². The van der Waals surface area contributed by atoms with Gasteiger partial charge < -0.3 is 10.2 Å². The van der Waals surface area contributed by atoms with E-state index in [4.69, 9.17) is 0 Å². The molecule has 0 atom stereocenters. The van der Waals surface area contributed by atoms with Crippen LogP contribution >= 0.6 is 0 Å². The highest BCUT2D eigenvalue weighted by molar-refractivity contribution is 6.10. The molecule has 4 nitrogen and oxygen atoms in total. The number of hydrogen-bond acceptors (Lipinski definition) is 2. The van der Waals surface area contributed by atoms with E-state index in [1.54, 1.807) is 36.4 Å². The molecule has 0 unspecified atom stereocenters. The fraction of sp³-hybridized carbons (Fsp3) is 0. The van der Waals surface area contributed by atoms with Gasteiger partial charge in [-0.05, 0) is 33.4 Å². The Labute approximate surface area is 173 Å². The Kier molecular flexibility index (Phi) is 5.14. The van der Waals surface area contributed by atoms with Crippen LogP contribution in [0.25, 0.3) is 33.4 Å². The fourth-order valence-electron chi connectivity index (χ4n) is 3.62. The lowest BCUT2D eigenvalue weighted by molar-refractivity contribution is 0.0653. The minimum Gasteiger partial charge on any atom is -0.478 e. The highest BCUT2D eigenvalue weighted by atomic mass is 16.4. The molecule has 0 saturated heterocycles. The third kappa shape index (κ3) is 3.59. The molecule has 0 aliphatic heterocycles. The topological polar surface area (TPSA) is 74.6 Å². The smallest absolute Gasteiger partial charge is 0.337 e. The van der Waals surface area contributed by atoms with E-state index >= 15 is 0 Å². The molecule has 0 fully saturated rings. The summed E-state index contributed by atoms with van der Waals surface area (Å²) in [6.07, 6.45) is 0. The molecule has 2 N–H and O–H groups in total.